The summed E-state index contributed by atoms with van der Waals surface area (Å²) in [5.74, 6) is -0.770. The third-order valence-corrected chi connectivity index (χ3v) is 3.28. The Hall–Kier alpha value is -1.75. The minimum absolute atomic E-state index is 0.333. The molecule has 1 aromatic carbocycles. The number of aromatic nitrogens is 2. The fourth-order valence-corrected chi connectivity index (χ4v) is 1.90. The van der Waals surface area contributed by atoms with Crippen LogP contribution in [0, 0.1) is 5.92 Å². The van der Waals surface area contributed by atoms with Gasteiger partial charge in [0.15, 0.2) is 0 Å². The van der Waals surface area contributed by atoms with Crippen molar-refractivity contribution in [3.63, 3.8) is 0 Å². The van der Waals surface area contributed by atoms with E-state index >= 15 is 0 Å². The van der Waals surface area contributed by atoms with Gasteiger partial charge in [-0.25, -0.2) is 9.97 Å². The zero-order chi connectivity index (χ0) is 13.8. The normalized spacial score (nSPS) is 12.1. The molecule has 19 heavy (non-hydrogen) atoms. The van der Waals surface area contributed by atoms with Crippen LogP contribution in [0.3, 0.4) is 0 Å². The average molecular weight is 321 g/mol. The van der Waals surface area contributed by atoms with Crippen LogP contribution in [0.25, 0.3) is 11.3 Å². The molecule has 0 aliphatic carbocycles. The summed E-state index contributed by atoms with van der Waals surface area (Å²) in [4.78, 5) is 19.4. The SMILES string of the molecule is CC(Cc1nccc(-c2ccc(Br)cc2)n1)C(=O)O. The van der Waals surface area contributed by atoms with Gasteiger partial charge >= 0.3 is 5.97 Å². The van der Waals surface area contributed by atoms with Crippen LogP contribution in [0.15, 0.2) is 41.0 Å². The molecule has 5 heteroatoms. The minimum Gasteiger partial charge on any atom is -0.481 e. The van der Waals surface area contributed by atoms with Gasteiger partial charge in [-0.1, -0.05) is 35.0 Å². The van der Waals surface area contributed by atoms with Crippen LogP contribution < -0.4 is 0 Å². The van der Waals surface area contributed by atoms with Crippen LogP contribution in [0.1, 0.15) is 12.7 Å². The van der Waals surface area contributed by atoms with Gasteiger partial charge in [0.2, 0.25) is 0 Å². The van der Waals surface area contributed by atoms with Crippen molar-refractivity contribution < 1.29 is 9.90 Å². The van der Waals surface area contributed by atoms with E-state index in [4.69, 9.17) is 5.11 Å². The number of hydrogen-bond donors (Lipinski definition) is 1. The molecule has 0 bridgehead atoms. The first-order chi connectivity index (χ1) is 9.06. The summed E-state index contributed by atoms with van der Waals surface area (Å²) in [7, 11) is 0. The van der Waals surface area contributed by atoms with Gasteiger partial charge in [0, 0.05) is 22.7 Å². The summed E-state index contributed by atoms with van der Waals surface area (Å²) >= 11 is 3.38. The number of carboxylic acid groups (broad SMARTS) is 1. The molecule has 0 aliphatic rings. The molecule has 1 unspecified atom stereocenters. The Morgan fingerprint density at radius 2 is 2.00 bits per heavy atom. The Bertz CT molecular complexity index is 584. The first kappa shape index (κ1) is 13.7. The molecule has 2 aromatic rings. The van der Waals surface area contributed by atoms with Crippen molar-refractivity contribution in [2.24, 2.45) is 5.92 Å². The highest BCUT2D eigenvalue weighted by molar-refractivity contribution is 9.10. The first-order valence-corrected chi connectivity index (χ1v) is 6.66. The van der Waals surface area contributed by atoms with Crippen molar-refractivity contribution in [2.75, 3.05) is 0 Å². The van der Waals surface area contributed by atoms with E-state index in [0.29, 0.717) is 12.2 Å². The number of carboxylic acids is 1. The quantitative estimate of drug-likeness (QED) is 0.939. The van der Waals surface area contributed by atoms with Crippen molar-refractivity contribution in [3.8, 4) is 11.3 Å². The number of carbonyl (C=O) groups is 1. The molecular formula is C14H13BrN2O2. The molecule has 1 aromatic heterocycles. The fraction of sp³-hybridized carbons (Fsp3) is 0.214. The van der Waals surface area contributed by atoms with Crippen molar-refractivity contribution in [1.29, 1.82) is 0 Å². The Morgan fingerprint density at radius 1 is 1.32 bits per heavy atom. The summed E-state index contributed by atoms with van der Waals surface area (Å²) < 4.78 is 1.00. The molecule has 1 atom stereocenters. The first-order valence-electron chi connectivity index (χ1n) is 5.87. The molecule has 0 radical (unpaired) electrons. The summed E-state index contributed by atoms with van der Waals surface area (Å²) in [5, 5.41) is 8.90. The molecule has 1 heterocycles. The highest BCUT2D eigenvalue weighted by atomic mass is 79.9. The topological polar surface area (TPSA) is 63.1 Å². The van der Waals surface area contributed by atoms with Crippen LogP contribution in [0.5, 0.6) is 0 Å². The number of nitrogens with zero attached hydrogens (tertiary/aromatic N) is 2. The van der Waals surface area contributed by atoms with Crippen LogP contribution in [0.2, 0.25) is 0 Å². The smallest absolute Gasteiger partial charge is 0.306 e. The molecule has 0 fully saturated rings. The molecular weight excluding hydrogens is 308 g/mol. The third kappa shape index (κ3) is 3.61. The number of benzene rings is 1. The van der Waals surface area contributed by atoms with Crippen molar-refractivity contribution >= 4 is 21.9 Å². The van der Waals surface area contributed by atoms with Crippen molar-refractivity contribution in [1.82, 2.24) is 9.97 Å². The van der Waals surface area contributed by atoms with Gasteiger partial charge in [0.25, 0.3) is 0 Å². The molecule has 1 N–H and O–H groups in total. The predicted molar refractivity (Wildman–Crippen MR) is 75.7 cm³/mol. The van der Waals surface area contributed by atoms with Gasteiger partial charge in [-0.05, 0) is 18.2 Å². The Morgan fingerprint density at radius 3 is 2.63 bits per heavy atom. The van der Waals surface area contributed by atoms with E-state index in [1.54, 1.807) is 13.1 Å². The van der Waals surface area contributed by atoms with E-state index in [1.165, 1.54) is 0 Å². The van der Waals surface area contributed by atoms with Crippen LogP contribution in [-0.4, -0.2) is 21.0 Å². The zero-order valence-corrected chi connectivity index (χ0v) is 12.0. The zero-order valence-electron chi connectivity index (χ0n) is 10.4. The van der Waals surface area contributed by atoms with E-state index in [2.05, 4.69) is 25.9 Å². The molecule has 0 aliphatic heterocycles. The lowest BCUT2D eigenvalue weighted by Crippen LogP contribution is -2.14. The van der Waals surface area contributed by atoms with Gasteiger partial charge in [0.1, 0.15) is 5.82 Å². The van der Waals surface area contributed by atoms with E-state index in [1.807, 2.05) is 30.3 Å². The monoisotopic (exact) mass is 320 g/mol. The third-order valence-electron chi connectivity index (χ3n) is 2.76. The van der Waals surface area contributed by atoms with Gasteiger partial charge in [-0.15, -0.1) is 0 Å². The van der Waals surface area contributed by atoms with Gasteiger partial charge in [-0.3, -0.25) is 4.79 Å². The maximum absolute atomic E-state index is 10.8. The maximum Gasteiger partial charge on any atom is 0.306 e. The standard InChI is InChI=1S/C14H13BrN2O2/c1-9(14(18)19)8-13-16-7-6-12(17-13)10-2-4-11(15)5-3-10/h2-7,9H,8H2,1H3,(H,18,19). The highest BCUT2D eigenvalue weighted by Crippen LogP contribution is 2.20. The predicted octanol–water partition coefficient (Wildman–Crippen LogP) is 3.17. The fourth-order valence-electron chi connectivity index (χ4n) is 1.64. The van der Waals surface area contributed by atoms with Gasteiger partial charge in [-0.2, -0.15) is 0 Å². The van der Waals surface area contributed by atoms with E-state index < -0.39 is 11.9 Å². The van der Waals surface area contributed by atoms with E-state index in [-0.39, 0.29) is 0 Å². The average Bonchev–Trinajstić information content (AvgIpc) is 2.39. The second-order valence-corrected chi connectivity index (χ2v) is 5.22. The Balaban J connectivity index is 2.24. The van der Waals surface area contributed by atoms with Crippen molar-refractivity contribution in [2.45, 2.75) is 13.3 Å². The number of hydrogen-bond acceptors (Lipinski definition) is 3. The lowest BCUT2D eigenvalue weighted by Gasteiger charge is -2.06. The second-order valence-electron chi connectivity index (χ2n) is 4.31. The minimum atomic E-state index is -0.836. The Labute approximate surface area is 119 Å². The summed E-state index contributed by atoms with van der Waals surface area (Å²) in [5.41, 5.74) is 1.78. The largest absolute Gasteiger partial charge is 0.481 e. The molecule has 98 valence electrons. The lowest BCUT2D eigenvalue weighted by molar-refractivity contribution is -0.141. The second kappa shape index (κ2) is 5.93. The van der Waals surface area contributed by atoms with Gasteiger partial charge < -0.3 is 5.11 Å². The summed E-state index contributed by atoms with van der Waals surface area (Å²) in [6, 6.07) is 9.61. The summed E-state index contributed by atoms with van der Waals surface area (Å²) in [6.45, 7) is 1.65. The van der Waals surface area contributed by atoms with Crippen LogP contribution >= 0.6 is 15.9 Å². The van der Waals surface area contributed by atoms with E-state index in [9.17, 15) is 4.79 Å². The highest BCUT2D eigenvalue weighted by Gasteiger charge is 2.13. The molecule has 0 saturated heterocycles. The van der Waals surface area contributed by atoms with E-state index in [0.717, 1.165) is 15.7 Å². The molecule has 4 nitrogen and oxygen atoms in total. The van der Waals surface area contributed by atoms with Gasteiger partial charge in [0.05, 0.1) is 11.6 Å². The summed E-state index contributed by atoms with van der Waals surface area (Å²) in [6.07, 6.45) is 1.99. The van der Waals surface area contributed by atoms with Crippen LogP contribution in [-0.2, 0) is 11.2 Å². The molecule has 2 rings (SSSR count). The van der Waals surface area contributed by atoms with Crippen molar-refractivity contribution in [3.05, 3.63) is 46.8 Å². The molecule has 0 saturated carbocycles. The van der Waals surface area contributed by atoms with Crippen LogP contribution in [0.4, 0.5) is 0 Å². The molecule has 0 amide bonds. The Kier molecular flexibility index (Phi) is 4.27. The molecule has 0 spiro atoms. The maximum atomic E-state index is 10.8. The number of halogens is 1. The lowest BCUT2D eigenvalue weighted by atomic mass is 10.1. The number of rotatable bonds is 4. The number of aliphatic carboxylic acids is 1.